The smallest absolute Gasteiger partial charge is 0.191 e. The molecule has 29 heavy (non-hydrogen) atoms. The van der Waals surface area contributed by atoms with Gasteiger partial charge in [-0.05, 0) is 62.1 Å². The van der Waals surface area contributed by atoms with Crippen molar-refractivity contribution in [3.8, 4) is 0 Å². The summed E-state index contributed by atoms with van der Waals surface area (Å²) in [4.78, 5) is 11.3. The Morgan fingerprint density at radius 2 is 1.97 bits per heavy atom. The summed E-state index contributed by atoms with van der Waals surface area (Å²) < 4.78 is 5.63. The first kappa shape index (κ1) is 24.2. The van der Waals surface area contributed by atoms with E-state index in [4.69, 9.17) is 4.74 Å². The lowest BCUT2D eigenvalue weighted by molar-refractivity contribution is 0.105. The number of aromatic nitrogens is 1. The van der Waals surface area contributed by atoms with Gasteiger partial charge in [0.25, 0.3) is 0 Å². The maximum absolute atomic E-state index is 5.63. The molecule has 7 heteroatoms. The third-order valence-corrected chi connectivity index (χ3v) is 6.20. The van der Waals surface area contributed by atoms with Crippen LogP contribution in [-0.4, -0.2) is 50.8 Å². The molecule has 1 aromatic heterocycles. The van der Waals surface area contributed by atoms with Gasteiger partial charge in [-0.15, -0.1) is 24.0 Å². The van der Waals surface area contributed by atoms with Gasteiger partial charge in [-0.2, -0.15) is 0 Å². The van der Waals surface area contributed by atoms with Crippen LogP contribution < -0.4 is 15.5 Å². The van der Waals surface area contributed by atoms with Crippen LogP contribution in [0.3, 0.4) is 0 Å². The van der Waals surface area contributed by atoms with Crippen LogP contribution in [0.25, 0.3) is 0 Å². The molecule has 0 radical (unpaired) electrons. The lowest BCUT2D eigenvalue weighted by Crippen LogP contribution is -2.43. The molecule has 2 N–H and O–H groups in total. The molecule has 1 saturated heterocycles. The van der Waals surface area contributed by atoms with E-state index < -0.39 is 0 Å². The van der Waals surface area contributed by atoms with E-state index in [0.717, 1.165) is 57.6 Å². The second-order valence-electron chi connectivity index (χ2n) is 8.15. The molecule has 0 atom stereocenters. The van der Waals surface area contributed by atoms with Crippen molar-refractivity contribution in [2.24, 2.45) is 10.4 Å². The first-order valence-corrected chi connectivity index (χ1v) is 11.0. The third kappa shape index (κ3) is 7.27. The molecule has 2 heterocycles. The summed E-state index contributed by atoms with van der Waals surface area (Å²) in [5.41, 5.74) is 1.60. The lowest BCUT2D eigenvalue weighted by atomic mass is 9.83. The second kappa shape index (κ2) is 12.6. The highest BCUT2D eigenvalue weighted by Crippen LogP contribution is 2.40. The normalized spacial score (nSPS) is 18.6. The monoisotopic (exact) mass is 515 g/mol. The predicted molar refractivity (Wildman–Crippen MR) is 131 cm³/mol. The Kier molecular flexibility index (Phi) is 10.5. The van der Waals surface area contributed by atoms with Gasteiger partial charge < -0.3 is 20.3 Å². The van der Waals surface area contributed by atoms with E-state index in [1.54, 1.807) is 0 Å². The number of nitrogens with zero attached hydrogens (tertiary/aromatic N) is 3. The van der Waals surface area contributed by atoms with Gasteiger partial charge in [0, 0.05) is 52.6 Å². The molecule has 2 aliphatic rings. The maximum Gasteiger partial charge on any atom is 0.191 e. The summed E-state index contributed by atoms with van der Waals surface area (Å²) in [6, 6.07) is 4.28. The summed E-state index contributed by atoms with van der Waals surface area (Å²) in [6.45, 7) is 7.70. The van der Waals surface area contributed by atoms with E-state index in [0.29, 0.717) is 5.41 Å². The fourth-order valence-corrected chi connectivity index (χ4v) is 4.44. The Hall–Kier alpha value is -1.09. The van der Waals surface area contributed by atoms with Crippen LogP contribution in [0.5, 0.6) is 0 Å². The minimum absolute atomic E-state index is 0. The average molecular weight is 515 g/mol. The number of hydrogen-bond acceptors (Lipinski definition) is 4. The molecular formula is C22H38IN5O. The van der Waals surface area contributed by atoms with E-state index in [9.17, 15) is 0 Å². The summed E-state index contributed by atoms with van der Waals surface area (Å²) in [5, 5.41) is 7.05. The molecule has 1 saturated carbocycles. The maximum atomic E-state index is 5.63. The first-order chi connectivity index (χ1) is 13.7. The number of halogens is 1. The van der Waals surface area contributed by atoms with Gasteiger partial charge >= 0.3 is 0 Å². The zero-order valence-electron chi connectivity index (χ0n) is 18.1. The van der Waals surface area contributed by atoms with E-state index in [1.165, 1.54) is 44.1 Å². The standard InChI is InChI=1S/C22H37N5O.HI/c1-3-28-15-11-22(9-4-5-10-22)18-26-21(23-2)25-17-19-8-12-24-20(16-19)27-13-6-7-14-27;/h8,12,16H,3-7,9-11,13-15,17-18H2,1-2H3,(H2,23,25,26);1H. The van der Waals surface area contributed by atoms with Crippen LogP contribution in [0.15, 0.2) is 23.3 Å². The molecule has 164 valence electrons. The van der Waals surface area contributed by atoms with Crippen LogP contribution in [0.2, 0.25) is 0 Å². The Bertz CT molecular complexity index is 627. The van der Waals surface area contributed by atoms with Crippen molar-refractivity contribution in [2.75, 3.05) is 44.8 Å². The number of aliphatic imine (C=N–C) groups is 1. The van der Waals surface area contributed by atoms with Gasteiger partial charge in [-0.1, -0.05) is 12.8 Å². The van der Waals surface area contributed by atoms with Crippen LogP contribution in [0, 0.1) is 5.41 Å². The van der Waals surface area contributed by atoms with E-state index in [1.807, 2.05) is 13.2 Å². The highest BCUT2D eigenvalue weighted by atomic mass is 127. The van der Waals surface area contributed by atoms with Crippen molar-refractivity contribution in [3.05, 3.63) is 23.9 Å². The minimum atomic E-state index is 0. The summed E-state index contributed by atoms with van der Waals surface area (Å²) in [5.74, 6) is 1.97. The molecule has 1 aliphatic carbocycles. The van der Waals surface area contributed by atoms with Crippen molar-refractivity contribution in [1.82, 2.24) is 15.6 Å². The Balaban J connectivity index is 0.00000300. The Morgan fingerprint density at radius 3 is 2.66 bits per heavy atom. The largest absolute Gasteiger partial charge is 0.382 e. The van der Waals surface area contributed by atoms with Gasteiger partial charge in [0.2, 0.25) is 0 Å². The van der Waals surface area contributed by atoms with E-state index in [-0.39, 0.29) is 24.0 Å². The van der Waals surface area contributed by atoms with Crippen LogP contribution in [0.4, 0.5) is 5.82 Å². The lowest BCUT2D eigenvalue weighted by Gasteiger charge is -2.30. The molecule has 1 aromatic rings. The molecule has 0 amide bonds. The number of rotatable bonds is 9. The molecule has 0 spiro atoms. The SMILES string of the molecule is CCOCCC1(CNC(=NC)NCc2ccnc(N3CCCC3)c2)CCCC1.I. The van der Waals surface area contributed by atoms with Crippen LogP contribution in [-0.2, 0) is 11.3 Å². The fraction of sp³-hybridized carbons (Fsp3) is 0.727. The number of anilines is 1. The van der Waals surface area contributed by atoms with Crippen LogP contribution in [0.1, 0.15) is 57.4 Å². The van der Waals surface area contributed by atoms with Gasteiger partial charge in [-0.3, -0.25) is 4.99 Å². The molecule has 2 fully saturated rings. The van der Waals surface area contributed by atoms with Crippen molar-refractivity contribution in [2.45, 2.75) is 58.4 Å². The second-order valence-corrected chi connectivity index (χ2v) is 8.15. The molecule has 0 unspecified atom stereocenters. The number of guanidine groups is 1. The highest BCUT2D eigenvalue weighted by molar-refractivity contribution is 14.0. The number of hydrogen-bond donors (Lipinski definition) is 2. The molecule has 1 aliphatic heterocycles. The van der Waals surface area contributed by atoms with Gasteiger partial charge in [0.1, 0.15) is 5.82 Å². The topological polar surface area (TPSA) is 61.8 Å². The van der Waals surface area contributed by atoms with Crippen molar-refractivity contribution in [3.63, 3.8) is 0 Å². The molecular weight excluding hydrogens is 477 g/mol. The van der Waals surface area contributed by atoms with E-state index >= 15 is 0 Å². The molecule has 0 bridgehead atoms. The van der Waals surface area contributed by atoms with Crippen molar-refractivity contribution < 1.29 is 4.74 Å². The molecule has 6 nitrogen and oxygen atoms in total. The zero-order chi connectivity index (χ0) is 19.7. The molecule has 3 rings (SSSR count). The summed E-state index contributed by atoms with van der Waals surface area (Å²) in [6.07, 6.45) is 10.8. The number of ether oxygens (including phenoxy) is 1. The Morgan fingerprint density at radius 1 is 1.21 bits per heavy atom. The summed E-state index contributed by atoms with van der Waals surface area (Å²) in [7, 11) is 1.85. The average Bonchev–Trinajstić information content (AvgIpc) is 3.41. The van der Waals surface area contributed by atoms with Gasteiger partial charge in [0.15, 0.2) is 5.96 Å². The zero-order valence-corrected chi connectivity index (χ0v) is 20.4. The third-order valence-electron chi connectivity index (χ3n) is 6.20. The predicted octanol–water partition coefficient (Wildman–Crippen LogP) is 3.95. The fourth-order valence-electron chi connectivity index (χ4n) is 4.44. The highest BCUT2D eigenvalue weighted by Gasteiger charge is 2.33. The van der Waals surface area contributed by atoms with Crippen molar-refractivity contribution in [1.29, 1.82) is 0 Å². The van der Waals surface area contributed by atoms with Gasteiger partial charge in [0.05, 0.1) is 0 Å². The van der Waals surface area contributed by atoms with Gasteiger partial charge in [-0.25, -0.2) is 4.98 Å². The quantitative estimate of drug-likeness (QED) is 0.226. The van der Waals surface area contributed by atoms with Crippen molar-refractivity contribution >= 4 is 35.8 Å². The number of pyridine rings is 1. The number of nitrogens with one attached hydrogen (secondary N) is 2. The minimum Gasteiger partial charge on any atom is -0.382 e. The Labute approximate surface area is 193 Å². The van der Waals surface area contributed by atoms with Crippen LogP contribution >= 0.6 is 24.0 Å². The summed E-state index contributed by atoms with van der Waals surface area (Å²) >= 11 is 0. The van der Waals surface area contributed by atoms with E-state index in [2.05, 4.69) is 44.6 Å². The first-order valence-electron chi connectivity index (χ1n) is 11.0. The molecule has 0 aromatic carbocycles.